The van der Waals surface area contributed by atoms with E-state index in [1.54, 1.807) is 0 Å². The van der Waals surface area contributed by atoms with Gasteiger partial charge in [0.15, 0.2) is 12.2 Å². The average Bonchev–Trinajstić information content (AvgIpc) is 2.42. The van der Waals surface area contributed by atoms with Crippen molar-refractivity contribution in [3.8, 4) is 0 Å². The normalized spacial score (nSPS) is 14.7. The van der Waals surface area contributed by atoms with Crippen LogP contribution in [-0.2, 0) is 65.4 Å². The summed E-state index contributed by atoms with van der Waals surface area (Å²) >= 11 is 0. The number of esters is 4. The fourth-order valence-corrected chi connectivity index (χ4v) is 13.1. The van der Waals surface area contributed by atoms with Crippen molar-refractivity contribution in [2.24, 2.45) is 23.7 Å². The van der Waals surface area contributed by atoms with Crippen molar-refractivity contribution in [3.05, 3.63) is 0 Å². The Morgan fingerprint density at radius 2 is 0.505 bits per heavy atom. The summed E-state index contributed by atoms with van der Waals surface area (Å²) in [4.78, 5) is 72.8. The van der Waals surface area contributed by atoms with Crippen LogP contribution in [0.4, 0.5) is 0 Å². The molecular weight excluding hydrogens is 1250 g/mol. The van der Waals surface area contributed by atoms with Crippen LogP contribution in [0.5, 0.6) is 0 Å². The Bertz CT molecular complexity index is 1870. The summed E-state index contributed by atoms with van der Waals surface area (Å²) in [5, 5.41) is 10.6. The van der Waals surface area contributed by atoms with Gasteiger partial charge < -0.3 is 33.8 Å². The van der Waals surface area contributed by atoms with Crippen LogP contribution in [0.3, 0.4) is 0 Å². The number of hydrogen-bond acceptors (Lipinski definition) is 15. The van der Waals surface area contributed by atoms with E-state index in [1.165, 1.54) is 180 Å². The minimum atomic E-state index is -4.96. The van der Waals surface area contributed by atoms with Gasteiger partial charge in [0.1, 0.15) is 19.3 Å². The van der Waals surface area contributed by atoms with Crippen molar-refractivity contribution in [1.82, 2.24) is 0 Å². The quantitative estimate of drug-likeness (QED) is 0.0222. The second-order valence-electron chi connectivity index (χ2n) is 28.8. The Kier molecular flexibility index (Phi) is 64.0. The number of aliphatic hydroxyl groups is 1. The summed E-state index contributed by atoms with van der Waals surface area (Å²) in [6.07, 6.45) is 49.9. The van der Waals surface area contributed by atoms with Gasteiger partial charge in [-0.05, 0) is 49.4 Å². The maximum Gasteiger partial charge on any atom is 0.472 e. The minimum absolute atomic E-state index is 0.105. The molecule has 0 bridgehead atoms. The molecule has 0 aromatic rings. The van der Waals surface area contributed by atoms with Gasteiger partial charge in [-0.25, -0.2) is 9.13 Å². The van der Waals surface area contributed by atoms with E-state index in [2.05, 4.69) is 55.4 Å². The van der Waals surface area contributed by atoms with E-state index in [0.717, 1.165) is 120 Å². The van der Waals surface area contributed by atoms with Crippen LogP contribution in [0.1, 0.15) is 383 Å². The molecule has 17 nitrogen and oxygen atoms in total. The van der Waals surface area contributed by atoms with Gasteiger partial charge in [-0.2, -0.15) is 0 Å². The largest absolute Gasteiger partial charge is 0.472 e. The Hall–Kier alpha value is -1.94. The number of phosphoric ester groups is 2. The lowest BCUT2D eigenvalue weighted by molar-refractivity contribution is -0.161. The lowest BCUT2D eigenvalue weighted by Gasteiger charge is -2.21. The van der Waals surface area contributed by atoms with Crippen molar-refractivity contribution < 1.29 is 80.2 Å². The van der Waals surface area contributed by atoms with Gasteiger partial charge in [0.05, 0.1) is 26.4 Å². The number of aliphatic hydroxyl groups excluding tert-OH is 1. The fraction of sp³-hybridized carbons (Fsp3) is 0.947. The molecule has 0 heterocycles. The Labute approximate surface area is 581 Å². The molecule has 0 fully saturated rings. The highest BCUT2D eigenvalue weighted by Crippen LogP contribution is 2.45. The van der Waals surface area contributed by atoms with Crippen LogP contribution in [0.2, 0.25) is 0 Å². The molecule has 0 rings (SSSR count). The average molecular weight is 1400 g/mol. The topological polar surface area (TPSA) is 237 Å². The Balaban J connectivity index is 5.26. The molecule has 19 heteroatoms. The number of hydrogen-bond donors (Lipinski definition) is 3. The first-order chi connectivity index (χ1) is 45.7. The molecule has 0 aliphatic carbocycles. The Morgan fingerprint density at radius 3 is 0.747 bits per heavy atom. The molecule has 0 amide bonds. The van der Waals surface area contributed by atoms with Crippen molar-refractivity contribution in [3.63, 3.8) is 0 Å². The predicted molar refractivity (Wildman–Crippen MR) is 386 cm³/mol. The summed E-state index contributed by atoms with van der Waals surface area (Å²) in [6.45, 7) is 14.2. The molecule has 564 valence electrons. The van der Waals surface area contributed by atoms with E-state index in [0.29, 0.717) is 25.7 Å². The SMILES string of the molecule is CCC(C)CCCCCCCCCCCCCCCCC(=O)O[C@H](COC(=O)CCCCCCCCCCCCC(C)C)COP(=O)(O)OC[C@@H](O)COP(=O)(O)OC[C@@H](COC(=O)CCCCCCCCC(C)CC)OC(=O)CCCCCCCCCCCCCC(C)C. The second kappa shape index (κ2) is 65.4. The third-order valence-electron chi connectivity index (χ3n) is 18.3. The van der Waals surface area contributed by atoms with Gasteiger partial charge in [0, 0.05) is 25.7 Å². The summed E-state index contributed by atoms with van der Waals surface area (Å²) in [7, 11) is -9.91. The van der Waals surface area contributed by atoms with Crippen molar-refractivity contribution >= 4 is 39.5 Å². The van der Waals surface area contributed by atoms with Crippen LogP contribution in [-0.4, -0.2) is 96.7 Å². The molecule has 3 N–H and O–H groups in total. The third-order valence-corrected chi connectivity index (χ3v) is 20.2. The van der Waals surface area contributed by atoms with E-state index in [4.69, 9.17) is 37.0 Å². The fourth-order valence-electron chi connectivity index (χ4n) is 11.5. The first-order valence-corrected chi connectivity index (χ1v) is 42.3. The maximum absolute atomic E-state index is 13.1. The number of unbranched alkanes of at least 4 members (excludes halogenated alkanes) is 37. The predicted octanol–water partition coefficient (Wildman–Crippen LogP) is 22.0. The minimum Gasteiger partial charge on any atom is -0.462 e. The summed E-state index contributed by atoms with van der Waals surface area (Å²) in [5.41, 5.74) is 0. The zero-order chi connectivity index (χ0) is 70.3. The van der Waals surface area contributed by atoms with E-state index in [9.17, 15) is 43.2 Å². The van der Waals surface area contributed by atoms with Crippen molar-refractivity contribution in [1.29, 1.82) is 0 Å². The highest BCUT2D eigenvalue weighted by Gasteiger charge is 2.30. The van der Waals surface area contributed by atoms with Crippen LogP contribution >= 0.6 is 15.6 Å². The van der Waals surface area contributed by atoms with Crippen molar-refractivity contribution in [2.75, 3.05) is 39.6 Å². The summed E-state index contributed by atoms with van der Waals surface area (Å²) in [5.74, 6) is 0.979. The zero-order valence-electron chi connectivity index (χ0n) is 62.3. The van der Waals surface area contributed by atoms with E-state index in [1.807, 2.05) is 0 Å². The maximum atomic E-state index is 13.1. The highest BCUT2D eigenvalue weighted by atomic mass is 31.2. The van der Waals surface area contributed by atoms with Gasteiger partial charge in [-0.15, -0.1) is 0 Å². The van der Waals surface area contributed by atoms with Crippen LogP contribution < -0.4 is 0 Å². The molecule has 0 saturated carbocycles. The van der Waals surface area contributed by atoms with Crippen molar-refractivity contribution in [2.45, 2.75) is 401 Å². The van der Waals surface area contributed by atoms with Gasteiger partial charge >= 0.3 is 39.5 Å². The third kappa shape index (κ3) is 67.6. The number of rotatable bonds is 73. The summed E-state index contributed by atoms with van der Waals surface area (Å²) in [6, 6.07) is 0. The standard InChI is InChI=1S/C76H148O17P2/c1-9-68(7)54-46-38-30-24-17-13-11-12-14-18-26-32-42-50-58-75(80)92-71(62-86-73(78)56-48-40-31-25-21-20-23-29-37-45-53-67(5)6)64-90-94(82,83)88-60-70(77)61-89-95(84,85)91-65-72(63-87-74(79)57-49-41-35-34-39-47-55-69(8)10-2)93-76(81)59-51-43-33-27-19-15-16-22-28-36-44-52-66(3)4/h66-72,77H,9-65H2,1-8H3,(H,82,83)(H,84,85)/t68?,69?,70-,71-,72-/m1/s1. The second-order valence-corrected chi connectivity index (χ2v) is 31.7. The summed E-state index contributed by atoms with van der Waals surface area (Å²) < 4.78 is 68.5. The molecule has 0 aliphatic heterocycles. The monoisotopic (exact) mass is 1400 g/mol. The van der Waals surface area contributed by atoms with Crippen LogP contribution in [0.25, 0.3) is 0 Å². The molecule has 0 saturated heterocycles. The smallest absolute Gasteiger partial charge is 0.462 e. The van der Waals surface area contributed by atoms with Gasteiger partial charge in [0.2, 0.25) is 0 Å². The molecular formula is C76H148O17P2. The number of carbonyl (C=O) groups excluding carboxylic acids is 4. The van der Waals surface area contributed by atoms with E-state index >= 15 is 0 Å². The first kappa shape index (κ1) is 93.1. The van der Waals surface area contributed by atoms with Crippen LogP contribution in [0.15, 0.2) is 0 Å². The van der Waals surface area contributed by atoms with Gasteiger partial charge in [-0.3, -0.25) is 37.3 Å². The zero-order valence-corrected chi connectivity index (χ0v) is 64.1. The van der Waals surface area contributed by atoms with Crippen LogP contribution in [0, 0.1) is 23.7 Å². The van der Waals surface area contributed by atoms with E-state index in [-0.39, 0.29) is 25.7 Å². The Morgan fingerprint density at radius 1 is 0.295 bits per heavy atom. The number of phosphoric acid groups is 2. The first-order valence-electron chi connectivity index (χ1n) is 39.3. The van der Waals surface area contributed by atoms with Gasteiger partial charge in [0.25, 0.3) is 0 Å². The molecule has 7 atom stereocenters. The number of carbonyl (C=O) groups is 4. The molecule has 95 heavy (non-hydrogen) atoms. The number of ether oxygens (including phenoxy) is 4. The molecule has 0 radical (unpaired) electrons. The molecule has 0 spiro atoms. The lowest BCUT2D eigenvalue weighted by atomic mass is 9.99. The molecule has 0 aromatic heterocycles. The van der Waals surface area contributed by atoms with E-state index < -0.39 is 97.5 Å². The highest BCUT2D eigenvalue weighted by molar-refractivity contribution is 7.47. The molecule has 4 unspecified atom stereocenters. The molecule has 0 aliphatic rings. The lowest BCUT2D eigenvalue weighted by Crippen LogP contribution is -2.30. The van der Waals surface area contributed by atoms with Gasteiger partial charge in [-0.1, -0.05) is 331 Å². The molecule has 0 aromatic carbocycles.